The molecule has 0 aromatic heterocycles. The minimum atomic E-state index is 0.510. The van der Waals surface area contributed by atoms with Gasteiger partial charge >= 0.3 is 0 Å². The van der Waals surface area contributed by atoms with Crippen molar-refractivity contribution < 1.29 is 4.74 Å². The molecular weight excluding hydrogens is 376 g/mol. The van der Waals surface area contributed by atoms with Gasteiger partial charge in [0, 0.05) is 0 Å². The zero-order valence-corrected chi connectivity index (χ0v) is 19.9. The normalized spacial score (nSPS) is 33.2. The van der Waals surface area contributed by atoms with Gasteiger partial charge in [-0.1, -0.05) is 70.2 Å². The maximum atomic E-state index is 6.13. The Morgan fingerprint density at radius 1 is 1.06 bits per heavy atom. The lowest BCUT2D eigenvalue weighted by Gasteiger charge is -2.53. The van der Waals surface area contributed by atoms with E-state index >= 15 is 0 Å². The van der Waals surface area contributed by atoms with Crippen molar-refractivity contribution in [2.45, 2.75) is 72.3 Å². The molecule has 2 aromatic carbocycles. The molecule has 0 spiro atoms. The van der Waals surface area contributed by atoms with E-state index in [1.807, 2.05) is 13.8 Å². The van der Waals surface area contributed by atoms with Crippen LogP contribution < -0.4 is 4.74 Å². The van der Waals surface area contributed by atoms with Crippen molar-refractivity contribution in [3.8, 4) is 5.75 Å². The number of fused-ring (bicyclic) bond motifs is 5. The van der Waals surface area contributed by atoms with Crippen molar-refractivity contribution in [3.05, 3.63) is 77.9 Å². The lowest BCUT2D eigenvalue weighted by atomic mass is 9.51. The first-order valence-corrected chi connectivity index (χ1v) is 12.5. The third kappa shape index (κ3) is 3.97. The Morgan fingerprint density at radius 3 is 2.58 bits per heavy atom. The number of hydrogen-bond donors (Lipinski definition) is 0. The van der Waals surface area contributed by atoms with Crippen LogP contribution in [0, 0.1) is 29.1 Å². The molecule has 1 heteroatoms. The molecule has 31 heavy (non-hydrogen) atoms. The fraction of sp³-hybridized carbons (Fsp3) is 0.533. The summed E-state index contributed by atoms with van der Waals surface area (Å²) in [5, 5.41) is 0. The third-order valence-electron chi connectivity index (χ3n) is 8.77. The van der Waals surface area contributed by atoms with Gasteiger partial charge in [0.05, 0.1) is 0 Å². The summed E-state index contributed by atoms with van der Waals surface area (Å²) in [4.78, 5) is 0. The molecule has 6 atom stereocenters. The molecule has 0 radical (unpaired) electrons. The van der Waals surface area contributed by atoms with Gasteiger partial charge < -0.3 is 4.74 Å². The molecule has 2 aromatic rings. The van der Waals surface area contributed by atoms with Crippen LogP contribution in [0.15, 0.2) is 61.2 Å². The van der Waals surface area contributed by atoms with Crippen molar-refractivity contribution in [3.63, 3.8) is 0 Å². The molecule has 3 aliphatic carbocycles. The summed E-state index contributed by atoms with van der Waals surface area (Å²) in [6, 6.07) is 17.3. The van der Waals surface area contributed by atoms with Crippen LogP contribution in [0.25, 0.3) is 0 Å². The highest BCUT2D eigenvalue weighted by atomic mass is 16.5. The molecule has 0 amide bonds. The Kier molecular flexibility index (Phi) is 6.60. The van der Waals surface area contributed by atoms with E-state index in [1.54, 1.807) is 5.56 Å². The maximum absolute atomic E-state index is 6.13. The standard InChI is InChI=1S/C28H34O.C2H6/c1-4-21-17-28(3)19(2)10-15-26(28)25-13-11-22-16-23(12-14-24(22)27(21)25)29-18-20-8-6-5-7-9-20;1-2/h4-9,12,14,16,19,21,25-27H,1,10-11,13,15,17-18H2,2-3H3;1-2H3/t19?,21-,25?,26?,27?,28+;/m0./s1. The molecule has 0 bridgehead atoms. The first-order chi connectivity index (χ1) is 15.1. The van der Waals surface area contributed by atoms with Crippen molar-refractivity contribution in [2.75, 3.05) is 0 Å². The largest absolute Gasteiger partial charge is 0.489 e. The number of hydrogen-bond acceptors (Lipinski definition) is 1. The highest BCUT2D eigenvalue weighted by Crippen LogP contribution is 2.64. The summed E-state index contributed by atoms with van der Waals surface area (Å²) < 4.78 is 6.13. The Labute approximate surface area is 189 Å². The Bertz CT molecular complexity index is 885. The summed E-state index contributed by atoms with van der Waals surface area (Å²) in [7, 11) is 0. The first kappa shape index (κ1) is 22.2. The average Bonchev–Trinajstić information content (AvgIpc) is 3.12. The van der Waals surface area contributed by atoms with Gasteiger partial charge in [-0.15, -0.1) is 6.58 Å². The summed E-state index contributed by atoms with van der Waals surface area (Å²) in [6.45, 7) is 14.0. The molecule has 1 nitrogen and oxygen atoms in total. The fourth-order valence-corrected chi connectivity index (χ4v) is 7.06. The predicted molar refractivity (Wildman–Crippen MR) is 131 cm³/mol. The second-order valence-corrected chi connectivity index (χ2v) is 10.1. The zero-order chi connectivity index (χ0) is 22.0. The van der Waals surface area contributed by atoms with Crippen molar-refractivity contribution in [1.82, 2.24) is 0 Å². The molecule has 4 unspecified atom stereocenters. The predicted octanol–water partition coefficient (Wildman–Crippen LogP) is 8.20. The molecule has 0 saturated heterocycles. The minimum Gasteiger partial charge on any atom is -0.489 e. The molecule has 0 N–H and O–H groups in total. The first-order valence-electron chi connectivity index (χ1n) is 12.5. The lowest BCUT2D eigenvalue weighted by Crippen LogP contribution is -2.45. The van der Waals surface area contributed by atoms with Gasteiger partial charge in [0.15, 0.2) is 0 Å². The van der Waals surface area contributed by atoms with Crippen molar-refractivity contribution >= 4 is 0 Å². The number of benzene rings is 2. The van der Waals surface area contributed by atoms with E-state index in [4.69, 9.17) is 4.74 Å². The van der Waals surface area contributed by atoms with Crippen LogP contribution in [0.3, 0.4) is 0 Å². The van der Waals surface area contributed by atoms with Crippen LogP contribution in [0.5, 0.6) is 5.75 Å². The van der Waals surface area contributed by atoms with Crippen LogP contribution in [0.1, 0.15) is 76.0 Å². The highest BCUT2D eigenvalue weighted by Gasteiger charge is 2.55. The van der Waals surface area contributed by atoms with Gasteiger partial charge in [-0.05, 0) is 95.9 Å². The monoisotopic (exact) mass is 416 g/mol. The molecule has 166 valence electrons. The SMILES string of the molecule is C=C[C@H]1C[C@]2(C)C(C)CCC2C2CCc3cc(OCc4ccccc4)ccc3C21.CC. The van der Waals surface area contributed by atoms with Gasteiger partial charge in [-0.3, -0.25) is 0 Å². The van der Waals surface area contributed by atoms with Crippen LogP contribution in [-0.4, -0.2) is 0 Å². The number of allylic oxidation sites excluding steroid dienone is 1. The van der Waals surface area contributed by atoms with E-state index in [-0.39, 0.29) is 0 Å². The molecule has 3 aliphatic rings. The van der Waals surface area contributed by atoms with Crippen LogP contribution >= 0.6 is 0 Å². The lowest BCUT2D eigenvalue weighted by molar-refractivity contribution is 0.00971. The topological polar surface area (TPSA) is 9.23 Å². The van der Waals surface area contributed by atoms with E-state index < -0.39 is 0 Å². The van der Waals surface area contributed by atoms with Gasteiger partial charge in [0.25, 0.3) is 0 Å². The van der Waals surface area contributed by atoms with Gasteiger partial charge in [0.2, 0.25) is 0 Å². The molecule has 2 fully saturated rings. The summed E-state index contributed by atoms with van der Waals surface area (Å²) in [5.41, 5.74) is 4.83. The van der Waals surface area contributed by atoms with Gasteiger partial charge in [-0.25, -0.2) is 0 Å². The molecule has 5 rings (SSSR count). The van der Waals surface area contributed by atoms with Crippen molar-refractivity contribution in [2.24, 2.45) is 29.1 Å². The highest BCUT2D eigenvalue weighted by molar-refractivity contribution is 5.42. The second kappa shape index (κ2) is 9.23. The number of ether oxygens (including phenoxy) is 1. The Balaban J connectivity index is 0.00000112. The summed E-state index contributed by atoms with van der Waals surface area (Å²) in [5.74, 6) is 4.84. The van der Waals surface area contributed by atoms with E-state index in [2.05, 4.69) is 75.0 Å². The minimum absolute atomic E-state index is 0.510. The van der Waals surface area contributed by atoms with E-state index in [9.17, 15) is 0 Å². The molecule has 0 aliphatic heterocycles. The Morgan fingerprint density at radius 2 is 1.84 bits per heavy atom. The van der Waals surface area contributed by atoms with Gasteiger partial charge in [-0.2, -0.15) is 0 Å². The molecular formula is C30H40O. The van der Waals surface area contributed by atoms with Crippen LogP contribution in [-0.2, 0) is 13.0 Å². The average molecular weight is 417 g/mol. The number of aryl methyl sites for hydroxylation is 1. The fourth-order valence-electron chi connectivity index (χ4n) is 7.06. The molecule has 0 heterocycles. The third-order valence-corrected chi connectivity index (χ3v) is 8.77. The molecule has 2 saturated carbocycles. The van der Waals surface area contributed by atoms with E-state index in [0.717, 1.165) is 23.5 Å². The van der Waals surface area contributed by atoms with Crippen molar-refractivity contribution in [1.29, 1.82) is 0 Å². The van der Waals surface area contributed by atoms with E-state index in [0.29, 0.717) is 23.9 Å². The van der Waals surface area contributed by atoms with Gasteiger partial charge in [0.1, 0.15) is 12.4 Å². The second-order valence-electron chi connectivity index (χ2n) is 10.1. The maximum Gasteiger partial charge on any atom is 0.120 e. The smallest absolute Gasteiger partial charge is 0.120 e. The van der Waals surface area contributed by atoms with Crippen LogP contribution in [0.4, 0.5) is 0 Å². The Hall–Kier alpha value is -2.02. The summed E-state index contributed by atoms with van der Waals surface area (Å²) in [6.07, 6.45) is 8.96. The zero-order valence-electron chi connectivity index (χ0n) is 19.9. The van der Waals surface area contributed by atoms with E-state index in [1.165, 1.54) is 43.2 Å². The quantitative estimate of drug-likeness (QED) is 0.456. The summed E-state index contributed by atoms with van der Waals surface area (Å²) >= 11 is 0. The van der Waals surface area contributed by atoms with Crippen LogP contribution in [0.2, 0.25) is 0 Å². The number of rotatable bonds is 4.